The van der Waals surface area contributed by atoms with Crippen LogP contribution < -0.4 is 0 Å². The molecule has 0 saturated heterocycles. The monoisotopic (exact) mass is 316 g/mol. The summed E-state index contributed by atoms with van der Waals surface area (Å²) in [7, 11) is 0. The van der Waals surface area contributed by atoms with Crippen molar-refractivity contribution < 1.29 is 14.7 Å². The van der Waals surface area contributed by atoms with Gasteiger partial charge in [0.2, 0.25) is 11.6 Å². The smallest absolute Gasteiger partial charge is 0.233 e. The van der Waals surface area contributed by atoms with Gasteiger partial charge < -0.3 is 5.11 Å². The zero-order valence-corrected chi connectivity index (χ0v) is 13.0. The zero-order chi connectivity index (χ0) is 16.9. The van der Waals surface area contributed by atoms with Crippen LogP contribution in [0.2, 0.25) is 0 Å². The molecule has 0 bridgehead atoms. The van der Waals surface area contributed by atoms with Crippen LogP contribution in [-0.2, 0) is 6.42 Å². The first-order valence-corrected chi connectivity index (χ1v) is 7.65. The van der Waals surface area contributed by atoms with Crippen LogP contribution in [0.15, 0.2) is 78.9 Å². The molecule has 3 aromatic rings. The summed E-state index contributed by atoms with van der Waals surface area (Å²) < 4.78 is 0. The van der Waals surface area contributed by atoms with Crippen molar-refractivity contribution >= 4 is 11.6 Å². The molecule has 3 nitrogen and oxygen atoms in total. The fourth-order valence-electron chi connectivity index (χ4n) is 2.62. The van der Waals surface area contributed by atoms with Crippen molar-refractivity contribution in [3.05, 3.63) is 101 Å². The fourth-order valence-corrected chi connectivity index (χ4v) is 2.62. The Hall–Kier alpha value is -3.20. The number of rotatable bonds is 5. The fraction of sp³-hybridized carbons (Fsp3) is 0.0476. The number of hydrogen-bond donors (Lipinski definition) is 1. The molecule has 0 heterocycles. The zero-order valence-electron chi connectivity index (χ0n) is 13.0. The van der Waals surface area contributed by atoms with Gasteiger partial charge in [-0.25, -0.2) is 0 Å². The maximum absolute atomic E-state index is 12.6. The second-order valence-corrected chi connectivity index (χ2v) is 5.49. The molecule has 0 aliphatic heterocycles. The summed E-state index contributed by atoms with van der Waals surface area (Å²) >= 11 is 0. The molecular weight excluding hydrogens is 300 g/mol. The molecule has 0 aromatic heterocycles. The Morgan fingerprint density at radius 3 is 2.00 bits per heavy atom. The number of carbonyl (C=O) groups is 2. The molecular formula is C21H16O3. The van der Waals surface area contributed by atoms with Crippen molar-refractivity contribution in [3.8, 4) is 5.75 Å². The number of phenols is 1. The Bertz CT molecular complexity index is 868. The van der Waals surface area contributed by atoms with E-state index >= 15 is 0 Å². The molecule has 24 heavy (non-hydrogen) atoms. The first kappa shape index (κ1) is 15.7. The van der Waals surface area contributed by atoms with Gasteiger partial charge in [0.05, 0.1) is 0 Å². The highest BCUT2D eigenvalue weighted by Crippen LogP contribution is 2.25. The lowest BCUT2D eigenvalue weighted by Gasteiger charge is -2.10. The molecule has 0 spiro atoms. The van der Waals surface area contributed by atoms with Gasteiger partial charge in [-0.2, -0.15) is 0 Å². The van der Waals surface area contributed by atoms with E-state index < -0.39 is 11.6 Å². The van der Waals surface area contributed by atoms with Crippen molar-refractivity contribution in [3.63, 3.8) is 0 Å². The van der Waals surface area contributed by atoms with Crippen molar-refractivity contribution in [2.45, 2.75) is 6.42 Å². The van der Waals surface area contributed by atoms with Crippen LogP contribution >= 0.6 is 0 Å². The molecule has 3 rings (SSSR count). The van der Waals surface area contributed by atoms with Gasteiger partial charge in [0, 0.05) is 23.1 Å². The van der Waals surface area contributed by atoms with Gasteiger partial charge in [0.15, 0.2) is 0 Å². The van der Waals surface area contributed by atoms with Crippen LogP contribution in [0.5, 0.6) is 5.75 Å². The third kappa shape index (κ3) is 3.25. The molecule has 1 N–H and O–H groups in total. The molecule has 0 aliphatic carbocycles. The topological polar surface area (TPSA) is 54.4 Å². The Kier molecular flexibility index (Phi) is 4.52. The van der Waals surface area contributed by atoms with E-state index in [1.165, 1.54) is 6.07 Å². The van der Waals surface area contributed by atoms with E-state index in [0.717, 1.165) is 5.56 Å². The largest absolute Gasteiger partial charge is 0.508 e. The molecule has 3 heteroatoms. The van der Waals surface area contributed by atoms with E-state index in [0.29, 0.717) is 17.5 Å². The van der Waals surface area contributed by atoms with Crippen LogP contribution in [0, 0.1) is 0 Å². The Morgan fingerprint density at radius 1 is 0.708 bits per heavy atom. The highest BCUT2D eigenvalue weighted by molar-refractivity contribution is 6.49. The van der Waals surface area contributed by atoms with Gasteiger partial charge in [-0.3, -0.25) is 9.59 Å². The summed E-state index contributed by atoms with van der Waals surface area (Å²) in [6.07, 6.45) is 0.386. The van der Waals surface area contributed by atoms with E-state index in [1.54, 1.807) is 42.5 Å². The van der Waals surface area contributed by atoms with Gasteiger partial charge in [-0.05, 0) is 11.6 Å². The Labute approximate surface area is 140 Å². The molecule has 0 radical (unpaired) electrons. The average Bonchev–Trinajstić information content (AvgIpc) is 2.64. The minimum atomic E-state index is -0.608. The lowest BCUT2D eigenvalue weighted by Crippen LogP contribution is -2.16. The molecule has 0 atom stereocenters. The number of phenolic OH excluding ortho intramolecular Hbond substituents is 1. The summed E-state index contributed by atoms with van der Waals surface area (Å²) in [4.78, 5) is 25.1. The maximum Gasteiger partial charge on any atom is 0.233 e. The minimum Gasteiger partial charge on any atom is -0.508 e. The summed E-state index contributed by atoms with van der Waals surface area (Å²) in [5.74, 6) is -1.16. The predicted octanol–water partition coefficient (Wildman–Crippen LogP) is 4.05. The van der Waals surface area contributed by atoms with Crippen LogP contribution in [-0.4, -0.2) is 16.7 Å². The lowest BCUT2D eigenvalue weighted by molar-refractivity contribution is 0.0816. The third-order valence-electron chi connectivity index (χ3n) is 3.86. The standard InChI is InChI=1S/C21H16O3/c22-19-13-7-12-17(18(19)14-15-8-3-1-4-9-15)21(24)20(23)16-10-5-2-6-11-16/h1-13,22H,14H2. The van der Waals surface area contributed by atoms with E-state index in [4.69, 9.17) is 0 Å². The summed E-state index contributed by atoms with van der Waals surface area (Å²) in [5.41, 5.74) is 2.02. The SMILES string of the molecule is O=C(C(=O)c1cccc(O)c1Cc1ccccc1)c1ccccc1. The third-order valence-corrected chi connectivity index (χ3v) is 3.86. The summed E-state index contributed by atoms with van der Waals surface area (Å²) in [5, 5.41) is 10.2. The van der Waals surface area contributed by atoms with Crippen LogP contribution in [0.3, 0.4) is 0 Å². The number of benzene rings is 3. The van der Waals surface area contributed by atoms with Crippen LogP contribution in [0.25, 0.3) is 0 Å². The van der Waals surface area contributed by atoms with Gasteiger partial charge in [-0.1, -0.05) is 72.8 Å². The van der Waals surface area contributed by atoms with Gasteiger partial charge in [0.1, 0.15) is 5.75 Å². The van der Waals surface area contributed by atoms with Gasteiger partial charge in [-0.15, -0.1) is 0 Å². The van der Waals surface area contributed by atoms with Gasteiger partial charge >= 0.3 is 0 Å². The first-order chi connectivity index (χ1) is 11.7. The average molecular weight is 316 g/mol. The van der Waals surface area contributed by atoms with Crippen molar-refractivity contribution in [2.75, 3.05) is 0 Å². The molecule has 0 saturated carbocycles. The van der Waals surface area contributed by atoms with Gasteiger partial charge in [0.25, 0.3) is 0 Å². The minimum absolute atomic E-state index is 0.0190. The summed E-state index contributed by atoms with van der Waals surface area (Å²) in [6, 6.07) is 22.7. The second-order valence-electron chi connectivity index (χ2n) is 5.49. The Balaban J connectivity index is 1.97. The van der Waals surface area contributed by atoms with Crippen molar-refractivity contribution in [1.82, 2.24) is 0 Å². The van der Waals surface area contributed by atoms with Crippen molar-refractivity contribution in [2.24, 2.45) is 0 Å². The second kappa shape index (κ2) is 6.92. The number of ketones is 2. The van der Waals surface area contributed by atoms with E-state index in [2.05, 4.69) is 0 Å². The van der Waals surface area contributed by atoms with E-state index in [9.17, 15) is 14.7 Å². The number of Topliss-reactive ketones (excluding diaryl/α,β-unsaturated/α-hetero) is 2. The Morgan fingerprint density at radius 2 is 1.33 bits per heavy atom. The molecule has 0 aliphatic rings. The first-order valence-electron chi connectivity index (χ1n) is 7.65. The predicted molar refractivity (Wildman–Crippen MR) is 92.5 cm³/mol. The number of aromatic hydroxyl groups is 1. The highest BCUT2D eigenvalue weighted by Gasteiger charge is 2.22. The molecule has 3 aromatic carbocycles. The number of hydrogen-bond acceptors (Lipinski definition) is 3. The summed E-state index contributed by atoms with van der Waals surface area (Å²) in [6.45, 7) is 0. The highest BCUT2D eigenvalue weighted by atomic mass is 16.3. The van der Waals surface area contributed by atoms with E-state index in [1.807, 2.05) is 30.3 Å². The molecule has 118 valence electrons. The van der Waals surface area contributed by atoms with Crippen molar-refractivity contribution in [1.29, 1.82) is 0 Å². The molecule has 0 unspecified atom stereocenters. The van der Waals surface area contributed by atoms with Crippen LogP contribution in [0.4, 0.5) is 0 Å². The lowest BCUT2D eigenvalue weighted by atomic mass is 9.93. The van der Waals surface area contributed by atoms with E-state index in [-0.39, 0.29) is 11.3 Å². The maximum atomic E-state index is 12.6. The normalized spacial score (nSPS) is 10.3. The number of carbonyl (C=O) groups excluding carboxylic acids is 2. The quantitative estimate of drug-likeness (QED) is 0.571. The van der Waals surface area contributed by atoms with Crippen LogP contribution in [0.1, 0.15) is 31.8 Å². The molecule has 0 amide bonds. The molecule has 0 fully saturated rings.